The zero-order valence-corrected chi connectivity index (χ0v) is 13.5. The van der Waals surface area contributed by atoms with Crippen LogP contribution in [0.15, 0.2) is 6.07 Å². The number of aryl methyl sites for hydroxylation is 1. The average Bonchev–Trinajstić information content (AvgIpc) is 2.89. The Morgan fingerprint density at radius 2 is 2.05 bits per heavy atom. The van der Waals surface area contributed by atoms with E-state index in [9.17, 15) is 9.59 Å². The van der Waals surface area contributed by atoms with Crippen LogP contribution in [0.1, 0.15) is 62.4 Å². The first kappa shape index (κ1) is 16.5. The fraction of sp³-hybridized carbons (Fsp3) is 0.688. The highest BCUT2D eigenvalue weighted by molar-refractivity contribution is 5.96. The third-order valence-electron chi connectivity index (χ3n) is 4.16. The lowest BCUT2D eigenvalue weighted by Crippen LogP contribution is -2.25. The van der Waals surface area contributed by atoms with Crippen LogP contribution in [-0.4, -0.2) is 28.1 Å². The molecule has 1 aliphatic carbocycles. The molecule has 0 saturated heterocycles. The molecule has 0 aromatic carbocycles. The molecule has 1 heterocycles. The fourth-order valence-corrected chi connectivity index (χ4v) is 2.76. The zero-order chi connectivity index (χ0) is 15.9. The minimum atomic E-state index is -0.192. The van der Waals surface area contributed by atoms with Crippen LogP contribution in [0.2, 0.25) is 0 Å². The van der Waals surface area contributed by atoms with Crippen LogP contribution in [0.25, 0.3) is 0 Å². The SMILES string of the molecule is CCCCNC(=O)c1cc(NC(=O)C2CCCCC2)n(C)n1. The first-order valence-corrected chi connectivity index (χ1v) is 8.25. The van der Waals surface area contributed by atoms with E-state index in [1.54, 1.807) is 17.8 Å². The highest BCUT2D eigenvalue weighted by Crippen LogP contribution is 2.25. The molecule has 0 spiro atoms. The maximum absolute atomic E-state index is 12.3. The summed E-state index contributed by atoms with van der Waals surface area (Å²) in [5.74, 6) is 0.518. The molecule has 1 saturated carbocycles. The smallest absolute Gasteiger partial charge is 0.271 e. The quantitative estimate of drug-likeness (QED) is 0.793. The second-order valence-electron chi connectivity index (χ2n) is 5.97. The number of rotatable bonds is 6. The number of carbonyl (C=O) groups excluding carboxylic acids is 2. The van der Waals surface area contributed by atoms with Crippen LogP contribution in [0.3, 0.4) is 0 Å². The second-order valence-corrected chi connectivity index (χ2v) is 5.97. The number of hydrogen-bond acceptors (Lipinski definition) is 3. The number of unbranched alkanes of at least 4 members (excludes halogenated alkanes) is 1. The number of nitrogens with zero attached hydrogens (tertiary/aromatic N) is 2. The van der Waals surface area contributed by atoms with Crippen molar-refractivity contribution < 1.29 is 9.59 Å². The number of aromatic nitrogens is 2. The number of carbonyl (C=O) groups is 2. The normalized spacial score (nSPS) is 15.5. The van der Waals surface area contributed by atoms with E-state index in [-0.39, 0.29) is 17.7 Å². The van der Waals surface area contributed by atoms with E-state index in [0.717, 1.165) is 38.5 Å². The van der Waals surface area contributed by atoms with Gasteiger partial charge in [0.1, 0.15) is 5.82 Å². The summed E-state index contributed by atoms with van der Waals surface area (Å²) in [7, 11) is 1.74. The van der Waals surface area contributed by atoms with Crippen molar-refractivity contribution in [1.82, 2.24) is 15.1 Å². The summed E-state index contributed by atoms with van der Waals surface area (Å²) >= 11 is 0. The van der Waals surface area contributed by atoms with E-state index in [2.05, 4.69) is 22.7 Å². The van der Waals surface area contributed by atoms with E-state index < -0.39 is 0 Å². The molecular formula is C16H26N4O2. The summed E-state index contributed by atoms with van der Waals surface area (Å²) in [5.41, 5.74) is 0.345. The van der Waals surface area contributed by atoms with Gasteiger partial charge in [-0.15, -0.1) is 0 Å². The molecule has 0 atom stereocenters. The zero-order valence-electron chi connectivity index (χ0n) is 13.5. The lowest BCUT2D eigenvalue weighted by atomic mass is 9.89. The maximum atomic E-state index is 12.3. The minimum Gasteiger partial charge on any atom is -0.351 e. The van der Waals surface area contributed by atoms with Crippen molar-refractivity contribution in [3.8, 4) is 0 Å². The van der Waals surface area contributed by atoms with E-state index in [4.69, 9.17) is 0 Å². The third kappa shape index (κ3) is 4.32. The molecule has 0 unspecified atom stereocenters. The topological polar surface area (TPSA) is 76.0 Å². The number of hydrogen-bond donors (Lipinski definition) is 2. The van der Waals surface area contributed by atoms with Crippen molar-refractivity contribution in [1.29, 1.82) is 0 Å². The van der Waals surface area contributed by atoms with Gasteiger partial charge < -0.3 is 10.6 Å². The Hall–Kier alpha value is -1.85. The lowest BCUT2D eigenvalue weighted by molar-refractivity contribution is -0.120. The Morgan fingerprint density at radius 3 is 2.73 bits per heavy atom. The summed E-state index contributed by atoms with van der Waals surface area (Å²) in [6, 6.07) is 1.64. The van der Waals surface area contributed by atoms with Crippen LogP contribution in [0, 0.1) is 5.92 Å². The molecular weight excluding hydrogens is 280 g/mol. The van der Waals surface area contributed by atoms with Gasteiger partial charge in [-0.05, 0) is 19.3 Å². The maximum Gasteiger partial charge on any atom is 0.271 e. The molecule has 1 aromatic heterocycles. The van der Waals surface area contributed by atoms with E-state index in [1.165, 1.54) is 6.42 Å². The predicted octanol–water partition coefficient (Wildman–Crippen LogP) is 2.47. The molecule has 6 nitrogen and oxygen atoms in total. The summed E-state index contributed by atoms with van der Waals surface area (Å²) in [6.07, 6.45) is 7.35. The van der Waals surface area contributed by atoms with Crippen molar-refractivity contribution in [3.05, 3.63) is 11.8 Å². The van der Waals surface area contributed by atoms with Crippen molar-refractivity contribution in [2.45, 2.75) is 51.9 Å². The molecule has 2 rings (SSSR count). The molecule has 2 N–H and O–H groups in total. The lowest BCUT2D eigenvalue weighted by Gasteiger charge is -2.20. The Labute approximate surface area is 131 Å². The summed E-state index contributed by atoms with van der Waals surface area (Å²) in [4.78, 5) is 24.2. The van der Waals surface area contributed by atoms with Gasteiger partial charge in [0.05, 0.1) is 0 Å². The predicted molar refractivity (Wildman–Crippen MR) is 85.7 cm³/mol. The Morgan fingerprint density at radius 1 is 1.32 bits per heavy atom. The summed E-state index contributed by atoms with van der Waals surface area (Å²) in [5, 5.41) is 9.91. The Kier molecular flexibility index (Phi) is 5.98. The van der Waals surface area contributed by atoms with Crippen LogP contribution < -0.4 is 10.6 Å². The van der Waals surface area contributed by atoms with Crippen LogP contribution in [0.5, 0.6) is 0 Å². The molecule has 0 aliphatic heterocycles. The monoisotopic (exact) mass is 306 g/mol. The number of anilines is 1. The molecule has 1 fully saturated rings. The second kappa shape index (κ2) is 7.96. The first-order valence-electron chi connectivity index (χ1n) is 8.25. The van der Waals surface area contributed by atoms with E-state index >= 15 is 0 Å². The van der Waals surface area contributed by atoms with Crippen molar-refractivity contribution in [2.24, 2.45) is 13.0 Å². The highest BCUT2D eigenvalue weighted by atomic mass is 16.2. The van der Waals surface area contributed by atoms with Gasteiger partial charge in [-0.2, -0.15) is 5.10 Å². The van der Waals surface area contributed by atoms with Crippen molar-refractivity contribution in [2.75, 3.05) is 11.9 Å². The largest absolute Gasteiger partial charge is 0.351 e. The van der Waals surface area contributed by atoms with Crippen LogP contribution >= 0.6 is 0 Å². The highest BCUT2D eigenvalue weighted by Gasteiger charge is 2.22. The van der Waals surface area contributed by atoms with Gasteiger partial charge in [-0.25, -0.2) is 0 Å². The van der Waals surface area contributed by atoms with Gasteiger partial charge in [0.15, 0.2) is 5.69 Å². The first-order chi connectivity index (χ1) is 10.6. The van der Waals surface area contributed by atoms with Gasteiger partial charge in [-0.3, -0.25) is 14.3 Å². The number of nitrogens with one attached hydrogen (secondary N) is 2. The van der Waals surface area contributed by atoms with Crippen LogP contribution in [0.4, 0.5) is 5.82 Å². The third-order valence-corrected chi connectivity index (χ3v) is 4.16. The van der Waals surface area contributed by atoms with E-state index in [1.807, 2.05) is 0 Å². The number of amides is 2. The average molecular weight is 306 g/mol. The minimum absolute atomic E-state index is 0.0423. The van der Waals surface area contributed by atoms with Gasteiger partial charge in [-0.1, -0.05) is 32.6 Å². The summed E-state index contributed by atoms with van der Waals surface area (Å²) < 4.78 is 1.55. The van der Waals surface area contributed by atoms with Crippen molar-refractivity contribution in [3.63, 3.8) is 0 Å². The van der Waals surface area contributed by atoms with Crippen molar-refractivity contribution >= 4 is 17.6 Å². The molecule has 1 aromatic rings. The van der Waals surface area contributed by atoms with Crippen LogP contribution in [-0.2, 0) is 11.8 Å². The molecule has 2 amide bonds. The molecule has 122 valence electrons. The molecule has 1 aliphatic rings. The fourth-order valence-electron chi connectivity index (χ4n) is 2.76. The Bertz CT molecular complexity index is 518. The van der Waals surface area contributed by atoms with Gasteiger partial charge in [0, 0.05) is 25.6 Å². The van der Waals surface area contributed by atoms with E-state index in [0.29, 0.717) is 18.1 Å². The summed E-state index contributed by atoms with van der Waals surface area (Å²) in [6.45, 7) is 2.72. The standard InChI is InChI=1S/C16H26N4O2/c1-3-4-10-17-16(22)13-11-14(20(2)19-13)18-15(21)12-8-6-5-7-9-12/h11-12H,3-10H2,1-2H3,(H,17,22)(H,18,21). The molecule has 22 heavy (non-hydrogen) atoms. The van der Waals surface area contributed by atoms with Gasteiger partial charge in [0.25, 0.3) is 5.91 Å². The van der Waals surface area contributed by atoms with Gasteiger partial charge >= 0.3 is 0 Å². The molecule has 0 radical (unpaired) electrons. The Balaban J connectivity index is 1.94. The molecule has 6 heteroatoms. The molecule has 0 bridgehead atoms. The van der Waals surface area contributed by atoms with Gasteiger partial charge in [0.2, 0.25) is 5.91 Å².